The maximum Gasteiger partial charge on any atom is 0.228 e. The molecule has 0 atom stereocenters. The van der Waals surface area contributed by atoms with Gasteiger partial charge in [0.15, 0.2) is 16.7 Å². The van der Waals surface area contributed by atoms with Gasteiger partial charge in [-0.25, -0.2) is 0 Å². The molecular weight excluding hydrogens is 376 g/mol. The van der Waals surface area contributed by atoms with Gasteiger partial charge in [-0.1, -0.05) is 23.4 Å². The number of nitrogens with zero attached hydrogens (tertiary/aromatic N) is 4. The SMILES string of the molecule is CCn1c(SCc2cc(Cl)c3c(c2)OCCO3)nnc1N1CCOCC1. The Morgan fingerprint density at radius 2 is 1.92 bits per heavy atom. The average Bonchev–Trinajstić information content (AvgIpc) is 3.10. The number of anilines is 1. The Kier molecular flexibility index (Phi) is 5.42. The summed E-state index contributed by atoms with van der Waals surface area (Å²) in [4.78, 5) is 2.23. The van der Waals surface area contributed by atoms with Crippen LogP contribution in [-0.4, -0.2) is 54.3 Å². The second kappa shape index (κ2) is 7.94. The first kappa shape index (κ1) is 17.8. The van der Waals surface area contributed by atoms with Gasteiger partial charge >= 0.3 is 0 Å². The van der Waals surface area contributed by atoms with Crippen LogP contribution in [0.4, 0.5) is 5.95 Å². The lowest BCUT2D eigenvalue weighted by Crippen LogP contribution is -2.38. The van der Waals surface area contributed by atoms with E-state index in [1.54, 1.807) is 11.8 Å². The summed E-state index contributed by atoms with van der Waals surface area (Å²) >= 11 is 7.97. The van der Waals surface area contributed by atoms with Crippen LogP contribution < -0.4 is 14.4 Å². The van der Waals surface area contributed by atoms with Crippen LogP contribution in [0.3, 0.4) is 0 Å². The molecule has 0 spiro atoms. The fourth-order valence-corrected chi connectivity index (χ4v) is 4.27. The molecule has 0 radical (unpaired) electrons. The summed E-state index contributed by atoms with van der Waals surface area (Å²) < 4.78 is 18.8. The monoisotopic (exact) mass is 396 g/mol. The molecule has 2 aliphatic rings. The largest absolute Gasteiger partial charge is 0.486 e. The number of morpholine rings is 1. The number of aromatic nitrogens is 3. The fraction of sp³-hybridized carbons (Fsp3) is 0.529. The van der Waals surface area contributed by atoms with Crippen LogP contribution in [0.2, 0.25) is 5.02 Å². The number of rotatable bonds is 5. The normalized spacial score (nSPS) is 16.8. The number of halogens is 1. The van der Waals surface area contributed by atoms with Crippen molar-refractivity contribution in [2.24, 2.45) is 0 Å². The third kappa shape index (κ3) is 3.58. The van der Waals surface area contributed by atoms with Gasteiger partial charge in [0.25, 0.3) is 0 Å². The van der Waals surface area contributed by atoms with Crippen molar-refractivity contribution >= 4 is 29.3 Å². The van der Waals surface area contributed by atoms with Crippen molar-refractivity contribution in [2.75, 3.05) is 44.4 Å². The molecular formula is C17H21ClN4O3S. The molecule has 2 aromatic rings. The van der Waals surface area contributed by atoms with E-state index in [1.165, 1.54) is 0 Å². The topological polar surface area (TPSA) is 61.6 Å². The molecule has 3 heterocycles. The van der Waals surface area contributed by atoms with E-state index in [2.05, 4.69) is 26.6 Å². The van der Waals surface area contributed by atoms with E-state index < -0.39 is 0 Å². The van der Waals surface area contributed by atoms with Crippen molar-refractivity contribution in [1.29, 1.82) is 0 Å². The standard InChI is InChI=1S/C17H21ClN4O3S/c1-2-22-16(21-3-5-23-6-4-21)19-20-17(22)26-11-12-9-13(18)15-14(10-12)24-7-8-25-15/h9-10H,2-8,11H2,1H3. The van der Waals surface area contributed by atoms with Crippen LogP contribution in [0, 0.1) is 0 Å². The van der Waals surface area contributed by atoms with Gasteiger partial charge in [-0.15, -0.1) is 10.2 Å². The summed E-state index contributed by atoms with van der Waals surface area (Å²) in [6, 6.07) is 3.92. The molecule has 26 heavy (non-hydrogen) atoms. The van der Waals surface area contributed by atoms with Crippen LogP contribution in [0.1, 0.15) is 12.5 Å². The molecule has 0 aliphatic carbocycles. The molecule has 0 saturated carbocycles. The van der Waals surface area contributed by atoms with Gasteiger partial charge in [-0.2, -0.15) is 0 Å². The first-order valence-electron chi connectivity index (χ1n) is 8.73. The number of ether oxygens (including phenoxy) is 3. The first-order chi connectivity index (χ1) is 12.8. The Morgan fingerprint density at radius 3 is 2.73 bits per heavy atom. The second-order valence-corrected chi connectivity index (χ2v) is 7.37. The summed E-state index contributed by atoms with van der Waals surface area (Å²) in [6.07, 6.45) is 0. The molecule has 1 saturated heterocycles. The molecule has 0 bridgehead atoms. The molecule has 7 nitrogen and oxygen atoms in total. The van der Waals surface area contributed by atoms with Crippen LogP contribution in [0.15, 0.2) is 17.3 Å². The van der Waals surface area contributed by atoms with E-state index in [0.717, 1.165) is 55.3 Å². The first-order valence-corrected chi connectivity index (χ1v) is 10.1. The third-order valence-electron chi connectivity index (χ3n) is 4.33. The van der Waals surface area contributed by atoms with Gasteiger partial charge in [0.2, 0.25) is 5.95 Å². The van der Waals surface area contributed by atoms with Crippen molar-refractivity contribution in [3.63, 3.8) is 0 Å². The minimum absolute atomic E-state index is 0.532. The Labute approximate surface area is 161 Å². The van der Waals surface area contributed by atoms with Gasteiger partial charge < -0.3 is 19.1 Å². The number of thioether (sulfide) groups is 1. The Hall–Kier alpha value is -1.64. The van der Waals surface area contributed by atoms with Crippen LogP contribution in [0.25, 0.3) is 0 Å². The molecule has 1 aromatic carbocycles. The van der Waals surface area contributed by atoms with E-state index in [-0.39, 0.29) is 0 Å². The lowest BCUT2D eigenvalue weighted by Gasteiger charge is -2.27. The smallest absolute Gasteiger partial charge is 0.228 e. The summed E-state index contributed by atoms with van der Waals surface area (Å²) in [7, 11) is 0. The van der Waals surface area contributed by atoms with Crippen LogP contribution in [-0.2, 0) is 17.0 Å². The highest BCUT2D eigenvalue weighted by molar-refractivity contribution is 7.98. The number of hydrogen-bond acceptors (Lipinski definition) is 7. The van der Waals surface area contributed by atoms with Crippen molar-refractivity contribution in [1.82, 2.24) is 14.8 Å². The molecule has 9 heteroatoms. The van der Waals surface area contributed by atoms with Gasteiger partial charge in [-0.3, -0.25) is 4.57 Å². The molecule has 1 aromatic heterocycles. The summed E-state index contributed by atoms with van der Waals surface area (Å²) in [6.45, 7) is 7.17. The molecule has 140 valence electrons. The van der Waals surface area contributed by atoms with E-state index in [9.17, 15) is 0 Å². The van der Waals surface area contributed by atoms with Gasteiger partial charge in [0.1, 0.15) is 13.2 Å². The zero-order valence-electron chi connectivity index (χ0n) is 14.6. The Morgan fingerprint density at radius 1 is 1.12 bits per heavy atom. The number of benzene rings is 1. The van der Waals surface area contributed by atoms with Crippen molar-refractivity contribution in [2.45, 2.75) is 24.4 Å². The van der Waals surface area contributed by atoms with E-state index in [4.69, 9.17) is 25.8 Å². The summed E-state index contributed by atoms with van der Waals surface area (Å²) in [5.74, 6) is 3.00. The molecule has 2 aliphatic heterocycles. The van der Waals surface area contributed by atoms with Crippen LogP contribution in [0.5, 0.6) is 11.5 Å². The van der Waals surface area contributed by atoms with Crippen molar-refractivity contribution < 1.29 is 14.2 Å². The zero-order valence-corrected chi connectivity index (χ0v) is 16.2. The van der Waals surface area contributed by atoms with Gasteiger partial charge in [-0.05, 0) is 24.6 Å². The van der Waals surface area contributed by atoms with Gasteiger partial charge in [0, 0.05) is 25.4 Å². The lowest BCUT2D eigenvalue weighted by molar-refractivity contribution is 0.121. The lowest BCUT2D eigenvalue weighted by atomic mass is 10.2. The molecule has 0 amide bonds. The molecule has 0 N–H and O–H groups in total. The maximum atomic E-state index is 6.33. The fourth-order valence-electron chi connectivity index (χ4n) is 3.06. The zero-order chi connectivity index (χ0) is 17.9. The molecule has 0 unspecified atom stereocenters. The second-order valence-electron chi connectivity index (χ2n) is 6.02. The van der Waals surface area contributed by atoms with E-state index >= 15 is 0 Å². The Balaban J connectivity index is 1.49. The summed E-state index contributed by atoms with van der Waals surface area (Å²) in [5, 5.41) is 10.3. The predicted octanol–water partition coefficient (Wildman–Crippen LogP) is 2.85. The maximum absolute atomic E-state index is 6.33. The third-order valence-corrected chi connectivity index (χ3v) is 5.65. The van der Waals surface area contributed by atoms with E-state index in [0.29, 0.717) is 29.7 Å². The highest BCUT2D eigenvalue weighted by atomic mass is 35.5. The van der Waals surface area contributed by atoms with Crippen LogP contribution >= 0.6 is 23.4 Å². The molecule has 1 fully saturated rings. The highest BCUT2D eigenvalue weighted by Gasteiger charge is 2.21. The Bertz CT molecular complexity index is 780. The highest BCUT2D eigenvalue weighted by Crippen LogP contribution is 2.39. The number of fused-ring (bicyclic) bond motifs is 1. The minimum Gasteiger partial charge on any atom is -0.486 e. The average molecular weight is 397 g/mol. The quantitative estimate of drug-likeness (QED) is 0.720. The van der Waals surface area contributed by atoms with Crippen molar-refractivity contribution in [3.8, 4) is 11.5 Å². The number of hydrogen-bond donors (Lipinski definition) is 0. The predicted molar refractivity (Wildman–Crippen MR) is 101 cm³/mol. The minimum atomic E-state index is 0.532. The van der Waals surface area contributed by atoms with Crippen molar-refractivity contribution in [3.05, 3.63) is 22.7 Å². The van der Waals surface area contributed by atoms with E-state index in [1.807, 2.05) is 12.1 Å². The summed E-state index contributed by atoms with van der Waals surface area (Å²) in [5.41, 5.74) is 1.07. The van der Waals surface area contributed by atoms with Gasteiger partial charge in [0.05, 0.1) is 18.2 Å². The molecule has 4 rings (SSSR count).